The van der Waals surface area contributed by atoms with Crippen molar-refractivity contribution in [1.29, 1.82) is 0 Å². The van der Waals surface area contributed by atoms with Gasteiger partial charge in [-0.2, -0.15) is 0 Å². The van der Waals surface area contributed by atoms with Gasteiger partial charge < -0.3 is 21.1 Å². The summed E-state index contributed by atoms with van der Waals surface area (Å²) in [6, 6.07) is 1.34. The Balaban J connectivity index is 2.23. The number of carbonyl (C=O) groups excluding carboxylic acids is 1. The number of carbonyl (C=O) groups is 1. The van der Waals surface area contributed by atoms with E-state index in [-0.39, 0.29) is 17.2 Å². The normalized spacial score (nSPS) is 18.2. The minimum atomic E-state index is -0.721. The predicted octanol–water partition coefficient (Wildman–Crippen LogP) is 1.89. The van der Waals surface area contributed by atoms with Crippen molar-refractivity contribution in [2.45, 2.75) is 38.1 Å². The summed E-state index contributed by atoms with van der Waals surface area (Å²) >= 11 is 0. The Morgan fingerprint density at radius 2 is 1.63 bits per heavy atom. The van der Waals surface area contributed by atoms with E-state index in [2.05, 4.69) is 0 Å². The fourth-order valence-corrected chi connectivity index (χ4v) is 2.72. The van der Waals surface area contributed by atoms with Crippen LogP contribution in [0.2, 0.25) is 0 Å². The van der Waals surface area contributed by atoms with Gasteiger partial charge in [-0.1, -0.05) is 19.3 Å². The third kappa shape index (κ3) is 2.81. The van der Waals surface area contributed by atoms with Crippen LogP contribution in [-0.4, -0.2) is 27.1 Å². The van der Waals surface area contributed by atoms with Gasteiger partial charge in [0, 0.05) is 12.1 Å². The van der Waals surface area contributed by atoms with Crippen molar-refractivity contribution in [1.82, 2.24) is 0 Å². The van der Waals surface area contributed by atoms with Gasteiger partial charge in [-0.15, -0.1) is 0 Å². The number of phenols is 3. The number of aromatic hydroxyl groups is 3. The van der Waals surface area contributed by atoms with E-state index in [1.807, 2.05) is 0 Å². The molecule has 5 nitrogen and oxygen atoms in total. The molecule has 1 saturated carbocycles. The van der Waals surface area contributed by atoms with Gasteiger partial charge in [-0.3, -0.25) is 4.79 Å². The third-order valence-corrected chi connectivity index (χ3v) is 3.79. The van der Waals surface area contributed by atoms with Crippen molar-refractivity contribution in [3.05, 3.63) is 17.7 Å². The van der Waals surface area contributed by atoms with Crippen LogP contribution in [0.4, 0.5) is 0 Å². The van der Waals surface area contributed by atoms with E-state index in [9.17, 15) is 20.1 Å². The van der Waals surface area contributed by atoms with Crippen LogP contribution >= 0.6 is 0 Å². The van der Waals surface area contributed by atoms with Crippen LogP contribution in [0, 0.1) is 5.92 Å². The van der Waals surface area contributed by atoms with Crippen molar-refractivity contribution in [3.8, 4) is 17.2 Å². The summed E-state index contributed by atoms with van der Waals surface area (Å²) in [5, 5.41) is 28.6. The Bertz CT molecular complexity index is 457. The van der Waals surface area contributed by atoms with E-state index < -0.39 is 23.3 Å². The SMILES string of the molecule is N[C@H](C(=O)c1c(O)cc(O)cc1O)C1CCCCC1. The monoisotopic (exact) mass is 265 g/mol. The first-order chi connectivity index (χ1) is 9.00. The summed E-state index contributed by atoms with van der Waals surface area (Å²) in [6.07, 6.45) is 5.06. The number of Topliss-reactive ketones (excluding diaryl/α,β-unsaturated/α-hetero) is 1. The maximum atomic E-state index is 12.3. The number of ketones is 1. The molecule has 0 saturated heterocycles. The highest BCUT2D eigenvalue weighted by molar-refractivity contribution is 6.04. The van der Waals surface area contributed by atoms with Crippen molar-refractivity contribution in [2.24, 2.45) is 11.7 Å². The maximum absolute atomic E-state index is 12.3. The van der Waals surface area contributed by atoms with E-state index in [0.717, 1.165) is 44.2 Å². The first-order valence-corrected chi connectivity index (χ1v) is 6.55. The average Bonchev–Trinajstić information content (AvgIpc) is 2.37. The van der Waals surface area contributed by atoms with E-state index >= 15 is 0 Å². The van der Waals surface area contributed by atoms with Crippen LogP contribution < -0.4 is 5.73 Å². The molecule has 104 valence electrons. The second-order valence-corrected chi connectivity index (χ2v) is 5.15. The molecule has 1 aliphatic carbocycles. The van der Waals surface area contributed by atoms with Crippen LogP contribution in [0.25, 0.3) is 0 Å². The molecule has 0 amide bonds. The molecule has 19 heavy (non-hydrogen) atoms. The molecular weight excluding hydrogens is 246 g/mol. The minimum Gasteiger partial charge on any atom is -0.508 e. The van der Waals surface area contributed by atoms with Crippen molar-refractivity contribution >= 4 is 5.78 Å². The van der Waals surface area contributed by atoms with Gasteiger partial charge in [0.25, 0.3) is 0 Å². The quantitative estimate of drug-likeness (QED) is 0.625. The number of rotatable bonds is 3. The Hall–Kier alpha value is -1.75. The second kappa shape index (κ2) is 5.48. The van der Waals surface area contributed by atoms with Crippen LogP contribution in [-0.2, 0) is 0 Å². The minimum absolute atomic E-state index is 0.0915. The van der Waals surface area contributed by atoms with Gasteiger partial charge in [-0.05, 0) is 18.8 Å². The Morgan fingerprint density at radius 3 is 2.16 bits per heavy atom. The zero-order chi connectivity index (χ0) is 14.0. The molecule has 0 heterocycles. The summed E-state index contributed by atoms with van der Waals surface area (Å²) in [4.78, 5) is 12.3. The van der Waals surface area contributed by atoms with Crippen molar-refractivity contribution in [2.75, 3.05) is 0 Å². The molecule has 1 aromatic rings. The Labute approximate surface area is 111 Å². The molecule has 1 aliphatic rings. The van der Waals surface area contributed by atoms with Crippen LogP contribution in [0.5, 0.6) is 17.2 Å². The smallest absolute Gasteiger partial charge is 0.187 e. The molecule has 2 rings (SSSR count). The van der Waals surface area contributed by atoms with Crippen molar-refractivity contribution < 1.29 is 20.1 Å². The summed E-state index contributed by atoms with van der Waals surface area (Å²) in [5.74, 6) is -1.55. The van der Waals surface area contributed by atoms with Crippen LogP contribution in [0.3, 0.4) is 0 Å². The van der Waals surface area contributed by atoms with E-state index in [1.54, 1.807) is 0 Å². The molecular formula is C14H19NO4. The molecule has 0 bridgehead atoms. The summed E-state index contributed by atoms with van der Waals surface area (Å²) in [5.41, 5.74) is 5.77. The lowest BCUT2D eigenvalue weighted by atomic mass is 9.81. The largest absolute Gasteiger partial charge is 0.508 e. The molecule has 1 atom stereocenters. The van der Waals surface area contributed by atoms with Gasteiger partial charge in [0.2, 0.25) is 0 Å². The zero-order valence-corrected chi connectivity index (χ0v) is 10.7. The van der Waals surface area contributed by atoms with Crippen LogP contribution in [0.1, 0.15) is 42.5 Å². The first kappa shape index (κ1) is 13.7. The molecule has 5 N–H and O–H groups in total. The molecule has 0 radical (unpaired) electrons. The summed E-state index contributed by atoms with van der Waals surface area (Å²) in [7, 11) is 0. The fourth-order valence-electron chi connectivity index (χ4n) is 2.72. The lowest BCUT2D eigenvalue weighted by Gasteiger charge is -2.26. The fraction of sp³-hybridized carbons (Fsp3) is 0.500. The average molecular weight is 265 g/mol. The highest BCUT2D eigenvalue weighted by Crippen LogP contribution is 2.35. The highest BCUT2D eigenvalue weighted by atomic mass is 16.3. The number of benzene rings is 1. The van der Waals surface area contributed by atoms with Gasteiger partial charge in [0.15, 0.2) is 5.78 Å². The molecule has 1 aromatic carbocycles. The standard InChI is InChI=1S/C14H19NO4/c15-13(8-4-2-1-3-5-8)14(19)12-10(17)6-9(16)7-11(12)18/h6-8,13,16-18H,1-5,15H2/t13-/m0/s1. The maximum Gasteiger partial charge on any atom is 0.187 e. The zero-order valence-electron chi connectivity index (χ0n) is 10.7. The molecule has 1 fully saturated rings. The number of hydrogen-bond donors (Lipinski definition) is 4. The topological polar surface area (TPSA) is 104 Å². The number of hydrogen-bond acceptors (Lipinski definition) is 5. The lowest BCUT2D eigenvalue weighted by Crippen LogP contribution is -2.39. The van der Waals surface area contributed by atoms with Gasteiger partial charge in [-0.25, -0.2) is 0 Å². The second-order valence-electron chi connectivity index (χ2n) is 5.15. The predicted molar refractivity (Wildman–Crippen MR) is 70.3 cm³/mol. The summed E-state index contributed by atoms with van der Waals surface area (Å²) < 4.78 is 0. The first-order valence-electron chi connectivity index (χ1n) is 6.55. The molecule has 0 unspecified atom stereocenters. The van der Waals surface area contributed by atoms with Gasteiger partial charge in [0.1, 0.15) is 22.8 Å². The molecule has 5 heteroatoms. The van der Waals surface area contributed by atoms with E-state index in [1.165, 1.54) is 0 Å². The molecule has 0 aromatic heterocycles. The molecule has 0 aliphatic heterocycles. The van der Waals surface area contributed by atoms with E-state index in [0.29, 0.717) is 0 Å². The van der Waals surface area contributed by atoms with Crippen molar-refractivity contribution in [3.63, 3.8) is 0 Å². The number of phenolic OH excluding ortho intramolecular Hbond substituents is 3. The lowest BCUT2D eigenvalue weighted by molar-refractivity contribution is 0.0911. The Morgan fingerprint density at radius 1 is 1.11 bits per heavy atom. The van der Waals surface area contributed by atoms with Gasteiger partial charge in [0.05, 0.1) is 6.04 Å². The molecule has 0 spiro atoms. The van der Waals surface area contributed by atoms with Crippen LogP contribution in [0.15, 0.2) is 12.1 Å². The third-order valence-electron chi connectivity index (χ3n) is 3.79. The Kier molecular flexibility index (Phi) is 3.95. The highest BCUT2D eigenvalue weighted by Gasteiger charge is 2.30. The summed E-state index contributed by atoms with van der Waals surface area (Å²) in [6.45, 7) is 0. The number of nitrogens with two attached hydrogens (primary N) is 1. The van der Waals surface area contributed by atoms with Gasteiger partial charge >= 0.3 is 0 Å². The van der Waals surface area contributed by atoms with E-state index in [4.69, 9.17) is 5.73 Å².